The first-order valence-electron chi connectivity index (χ1n) is 5.40. The molecule has 1 aliphatic rings. The van der Waals surface area contributed by atoms with Gasteiger partial charge in [-0.25, -0.2) is 0 Å². The highest BCUT2D eigenvalue weighted by Crippen LogP contribution is 2.05. The molecule has 1 saturated heterocycles. The van der Waals surface area contributed by atoms with Gasteiger partial charge in [-0.3, -0.25) is 9.59 Å². The van der Waals surface area contributed by atoms with E-state index in [4.69, 9.17) is 5.73 Å². The van der Waals surface area contributed by atoms with Gasteiger partial charge in [-0.1, -0.05) is 0 Å². The zero-order valence-electron chi connectivity index (χ0n) is 9.40. The Hall–Kier alpha value is -1.10. The molecule has 1 fully saturated rings. The number of likely N-dealkylation sites (N-methyl/N-ethyl adjacent to an activating group) is 1. The monoisotopic (exact) mass is 213 g/mol. The third-order valence-electron chi connectivity index (χ3n) is 2.50. The van der Waals surface area contributed by atoms with Crippen LogP contribution in [0.15, 0.2) is 0 Å². The fourth-order valence-corrected chi connectivity index (χ4v) is 1.75. The van der Waals surface area contributed by atoms with Crippen molar-refractivity contribution >= 4 is 11.8 Å². The molecule has 0 spiro atoms. The number of rotatable bonds is 3. The van der Waals surface area contributed by atoms with Gasteiger partial charge in [-0.15, -0.1) is 0 Å². The summed E-state index contributed by atoms with van der Waals surface area (Å²) in [5.74, 6) is -0.803. The molecule has 0 radical (unpaired) electrons. The molecule has 1 aliphatic heterocycles. The summed E-state index contributed by atoms with van der Waals surface area (Å²) >= 11 is 0. The highest BCUT2D eigenvalue weighted by atomic mass is 16.2. The van der Waals surface area contributed by atoms with Gasteiger partial charge >= 0.3 is 11.8 Å². The Morgan fingerprint density at radius 3 is 2.33 bits per heavy atom. The molecule has 1 unspecified atom stereocenters. The Labute approximate surface area is 90.2 Å². The summed E-state index contributed by atoms with van der Waals surface area (Å²) in [6.45, 7) is 6.06. The maximum Gasteiger partial charge on any atom is 0.312 e. The third kappa shape index (κ3) is 2.92. The van der Waals surface area contributed by atoms with E-state index in [1.165, 1.54) is 0 Å². The van der Waals surface area contributed by atoms with Crippen molar-refractivity contribution in [2.75, 3.05) is 26.2 Å². The molecule has 15 heavy (non-hydrogen) atoms. The molecule has 1 atom stereocenters. The number of nitrogens with zero attached hydrogens (tertiary/aromatic N) is 2. The Morgan fingerprint density at radius 2 is 1.80 bits per heavy atom. The second-order valence-electron chi connectivity index (χ2n) is 3.97. The minimum absolute atomic E-state index is 0.0880. The van der Waals surface area contributed by atoms with Crippen molar-refractivity contribution in [1.29, 1.82) is 0 Å². The van der Waals surface area contributed by atoms with Crippen LogP contribution >= 0.6 is 0 Å². The van der Waals surface area contributed by atoms with Crippen LogP contribution in [0.1, 0.15) is 20.3 Å². The van der Waals surface area contributed by atoms with Crippen LogP contribution in [0.4, 0.5) is 0 Å². The molecule has 5 heteroatoms. The summed E-state index contributed by atoms with van der Waals surface area (Å²) in [6.07, 6.45) is 0.831. The molecule has 0 bridgehead atoms. The summed E-state index contributed by atoms with van der Waals surface area (Å²) in [5, 5.41) is 0. The van der Waals surface area contributed by atoms with E-state index in [1.807, 2.05) is 13.8 Å². The summed E-state index contributed by atoms with van der Waals surface area (Å²) in [5.41, 5.74) is 5.63. The lowest BCUT2D eigenvalue weighted by Gasteiger charge is -2.21. The quantitative estimate of drug-likeness (QED) is 0.637. The highest BCUT2D eigenvalue weighted by molar-refractivity contribution is 6.35. The van der Waals surface area contributed by atoms with Gasteiger partial charge in [0, 0.05) is 32.2 Å². The zero-order chi connectivity index (χ0) is 11.4. The van der Waals surface area contributed by atoms with Crippen LogP contribution in [-0.4, -0.2) is 53.8 Å². The van der Waals surface area contributed by atoms with E-state index >= 15 is 0 Å². The lowest BCUT2D eigenvalue weighted by atomic mass is 10.3. The maximum absolute atomic E-state index is 11.7. The number of hydrogen-bond acceptors (Lipinski definition) is 3. The predicted octanol–water partition coefficient (Wildman–Crippen LogP) is -0.586. The van der Waals surface area contributed by atoms with E-state index < -0.39 is 11.8 Å². The van der Waals surface area contributed by atoms with Crippen molar-refractivity contribution in [3.05, 3.63) is 0 Å². The van der Waals surface area contributed by atoms with Crippen LogP contribution < -0.4 is 5.73 Å². The zero-order valence-corrected chi connectivity index (χ0v) is 9.40. The number of amides is 2. The summed E-state index contributed by atoms with van der Waals surface area (Å²) in [4.78, 5) is 26.5. The Morgan fingerprint density at radius 1 is 1.27 bits per heavy atom. The largest absolute Gasteiger partial charge is 0.335 e. The summed E-state index contributed by atoms with van der Waals surface area (Å²) < 4.78 is 0. The molecular weight excluding hydrogens is 194 g/mol. The van der Waals surface area contributed by atoms with Gasteiger partial charge in [0.25, 0.3) is 0 Å². The third-order valence-corrected chi connectivity index (χ3v) is 2.50. The smallest absolute Gasteiger partial charge is 0.312 e. The minimum atomic E-state index is -0.411. The normalized spacial score (nSPS) is 20.5. The van der Waals surface area contributed by atoms with Crippen LogP contribution in [0.5, 0.6) is 0 Å². The van der Waals surface area contributed by atoms with Crippen molar-refractivity contribution in [1.82, 2.24) is 9.80 Å². The average Bonchev–Trinajstić information content (AvgIpc) is 2.30. The fourth-order valence-electron chi connectivity index (χ4n) is 1.75. The Kier molecular flexibility index (Phi) is 4.08. The van der Waals surface area contributed by atoms with Crippen LogP contribution in [-0.2, 0) is 9.59 Å². The lowest BCUT2D eigenvalue weighted by Crippen LogP contribution is -2.45. The van der Waals surface area contributed by atoms with Gasteiger partial charge in [0.05, 0.1) is 0 Å². The van der Waals surface area contributed by atoms with E-state index in [9.17, 15) is 9.59 Å². The molecule has 0 aromatic heterocycles. The maximum atomic E-state index is 11.7. The van der Waals surface area contributed by atoms with Crippen molar-refractivity contribution in [2.24, 2.45) is 5.73 Å². The topological polar surface area (TPSA) is 66.6 Å². The molecule has 2 amide bonds. The number of nitrogens with two attached hydrogens (primary N) is 1. The summed E-state index contributed by atoms with van der Waals surface area (Å²) in [7, 11) is 0. The molecule has 2 N–H and O–H groups in total. The van der Waals surface area contributed by atoms with Crippen LogP contribution in [0.2, 0.25) is 0 Å². The van der Waals surface area contributed by atoms with Gasteiger partial charge in [0.1, 0.15) is 0 Å². The van der Waals surface area contributed by atoms with Gasteiger partial charge in [0.2, 0.25) is 0 Å². The van der Waals surface area contributed by atoms with Gasteiger partial charge in [0.15, 0.2) is 0 Å². The van der Waals surface area contributed by atoms with Crippen LogP contribution in [0.25, 0.3) is 0 Å². The fraction of sp³-hybridized carbons (Fsp3) is 0.800. The summed E-state index contributed by atoms with van der Waals surface area (Å²) in [6, 6.07) is -0.0880. The molecule has 0 aromatic rings. The molecule has 5 nitrogen and oxygen atoms in total. The number of carbonyl (C=O) groups excluding carboxylic acids is 2. The molecular formula is C10H19N3O2. The predicted molar refractivity (Wildman–Crippen MR) is 57.1 cm³/mol. The van der Waals surface area contributed by atoms with E-state index in [0.29, 0.717) is 26.2 Å². The van der Waals surface area contributed by atoms with Crippen LogP contribution in [0, 0.1) is 0 Å². The van der Waals surface area contributed by atoms with Crippen molar-refractivity contribution < 1.29 is 9.59 Å². The standard InChI is InChI=1S/C10H19N3O2/c1-3-12-5-4-6-13(7-8(2)11)10(15)9(12)14/h8H,3-7,11H2,1-2H3. The number of hydrogen-bond donors (Lipinski definition) is 1. The average molecular weight is 213 g/mol. The first-order valence-corrected chi connectivity index (χ1v) is 5.40. The van der Waals surface area contributed by atoms with Gasteiger partial charge in [-0.2, -0.15) is 0 Å². The SMILES string of the molecule is CCN1CCCN(CC(C)N)C(=O)C1=O. The minimum Gasteiger partial charge on any atom is -0.335 e. The van der Waals surface area contributed by atoms with Gasteiger partial charge < -0.3 is 15.5 Å². The Bertz CT molecular complexity index is 253. The molecule has 0 aromatic carbocycles. The highest BCUT2D eigenvalue weighted by Gasteiger charge is 2.29. The molecule has 0 aliphatic carbocycles. The molecule has 86 valence electrons. The van der Waals surface area contributed by atoms with Crippen LogP contribution in [0.3, 0.4) is 0 Å². The van der Waals surface area contributed by atoms with E-state index in [1.54, 1.807) is 9.80 Å². The number of carbonyl (C=O) groups is 2. The Balaban J connectivity index is 2.69. The van der Waals surface area contributed by atoms with Crippen molar-refractivity contribution in [3.63, 3.8) is 0 Å². The van der Waals surface area contributed by atoms with Gasteiger partial charge in [-0.05, 0) is 20.3 Å². The first kappa shape index (κ1) is 12.0. The van der Waals surface area contributed by atoms with Crippen molar-refractivity contribution in [2.45, 2.75) is 26.3 Å². The molecule has 1 rings (SSSR count). The second-order valence-corrected chi connectivity index (χ2v) is 3.97. The van der Waals surface area contributed by atoms with Crippen molar-refractivity contribution in [3.8, 4) is 0 Å². The molecule has 0 saturated carbocycles. The lowest BCUT2D eigenvalue weighted by molar-refractivity contribution is -0.150. The molecule has 1 heterocycles. The van der Waals surface area contributed by atoms with E-state index in [-0.39, 0.29) is 6.04 Å². The second kappa shape index (κ2) is 5.11. The van der Waals surface area contributed by atoms with E-state index in [0.717, 1.165) is 6.42 Å². The van der Waals surface area contributed by atoms with E-state index in [2.05, 4.69) is 0 Å². The first-order chi connectivity index (χ1) is 7.06.